The van der Waals surface area contributed by atoms with Crippen LogP contribution in [0.4, 0.5) is 5.69 Å². The smallest absolute Gasteiger partial charge is 0.264 e. The molecule has 3 aromatic carbocycles. The number of benzene rings is 3. The van der Waals surface area contributed by atoms with Crippen molar-refractivity contribution in [1.82, 2.24) is 5.43 Å². The largest absolute Gasteiger partial charge is 0.497 e. The fourth-order valence-electron chi connectivity index (χ4n) is 3.29. The number of carbonyl (C=O) groups excluding carboxylic acids is 1. The first-order valence-corrected chi connectivity index (χ1v) is 12.1. The highest BCUT2D eigenvalue weighted by Gasteiger charge is 2.29. The number of carbonyl (C=O) groups is 1. The van der Waals surface area contributed by atoms with Crippen molar-refractivity contribution in [3.05, 3.63) is 72.3 Å². The lowest BCUT2D eigenvalue weighted by atomic mass is 10.2. The van der Waals surface area contributed by atoms with Crippen LogP contribution in [0.3, 0.4) is 0 Å². The molecule has 0 aliphatic heterocycles. The first-order valence-electron chi connectivity index (χ1n) is 10.7. The van der Waals surface area contributed by atoms with Gasteiger partial charge in [0.05, 0.1) is 45.2 Å². The summed E-state index contributed by atoms with van der Waals surface area (Å²) in [5, 5.41) is 3.97. The van der Waals surface area contributed by atoms with Gasteiger partial charge in [-0.15, -0.1) is 0 Å². The summed E-state index contributed by atoms with van der Waals surface area (Å²) in [4.78, 5) is 12.9. The van der Waals surface area contributed by atoms with Gasteiger partial charge in [-0.1, -0.05) is 18.2 Å². The Hall–Kier alpha value is -4.25. The summed E-state index contributed by atoms with van der Waals surface area (Å²) in [6, 6.07) is 17.6. The highest BCUT2D eigenvalue weighted by atomic mass is 32.2. The van der Waals surface area contributed by atoms with Crippen molar-refractivity contribution in [3.8, 4) is 23.0 Å². The summed E-state index contributed by atoms with van der Waals surface area (Å²) in [5.74, 6) is 1.05. The van der Waals surface area contributed by atoms with Crippen molar-refractivity contribution < 1.29 is 32.2 Å². The van der Waals surface area contributed by atoms with Crippen LogP contribution in [0.25, 0.3) is 0 Å². The molecule has 0 heterocycles. The van der Waals surface area contributed by atoms with E-state index >= 15 is 0 Å². The minimum atomic E-state index is -4.16. The van der Waals surface area contributed by atoms with Crippen LogP contribution < -0.4 is 28.7 Å². The predicted molar refractivity (Wildman–Crippen MR) is 136 cm³/mol. The molecule has 11 heteroatoms. The van der Waals surface area contributed by atoms with Crippen molar-refractivity contribution in [2.45, 2.75) is 4.90 Å². The van der Waals surface area contributed by atoms with Gasteiger partial charge in [0.2, 0.25) is 0 Å². The number of ether oxygens (including phenoxy) is 4. The zero-order chi connectivity index (χ0) is 26.1. The van der Waals surface area contributed by atoms with Gasteiger partial charge in [0.15, 0.2) is 0 Å². The molecule has 0 radical (unpaired) electrons. The molecule has 36 heavy (non-hydrogen) atoms. The topological polar surface area (TPSA) is 116 Å². The third-order valence-corrected chi connectivity index (χ3v) is 6.88. The van der Waals surface area contributed by atoms with Crippen LogP contribution in [-0.2, 0) is 14.8 Å². The molecule has 1 N–H and O–H groups in total. The second-order valence-corrected chi connectivity index (χ2v) is 9.13. The number of rotatable bonds is 11. The summed E-state index contributed by atoms with van der Waals surface area (Å²) in [6.07, 6.45) is 1.38. The van der Waals surface area contributed by atoms with Gasteiger partial charge in [0, 0.05) is 11.6 Å². The Morgan fingerprint density at radius 2 is 1.47 bits per heavy atom. The molecule has 0 saturated heterocycles. The Morgan fingerprint density at radius 3 is 2.08 bits per heavy atom. The van der Waals surface area contributed by atoms with Gasteiger partial charge in [-0.3, -0.25) is 9.10 Å². The van der Waals surface area contributed by atoms with Crippen LogP contribution in [0.15, 0.2) is 76.7 Å². The highest BCUT2D eigenvalue weighted by Crippen LogP contribution is 2.35. The van der Waals surface area contributed by atoms with Gasteiger partial charge in [-0.25, -0.2) is 13.8 Å². The van der Waals surface area contributed by atoms with Crippen LogP contribution >= 0.6 is 0 Å². The number of sulfonamides is 1. The Bertz CT molecular complexity index is 1330. The van der Waals surface area contributed by atoms with Crippen LogP contribution in [0.1, 0.15) is 5.56 Å². The summed E-state index contributed by atoms with van der Waals surface area (Å²) in [6.45, 7) is -0.576. The van der Waals surface area contributed by atoms with E-state index in [1.54, 1.807) is 48.5 Å². The zero-order valence-corrected chi connectivity index (χ0v) is 21.1. The van der Waals surface area contributed by atoms with Crippen LogP contribution in [0.2, 0.25) is 0 Å². The van der Waals surface area contributed by atoms with E-state index in [1.165, 1.54) is 52.9 Å². The third-order valence-electron chi connectivity index (χ3n) is 5.10. The number of hydrogen-bond acceptors (Lipinski definition) is 8. The molecule has 0 saturated carbocycles. The summed E-state index contributed by atoms with van der Waals surface area (Å²) in [5.41, 5.74) is 3.06. The SMILES string of the molecule is COc1ccc(OC)c(/C=N\NC(=O)CN(c2cc(OC)ccc2OC)S(=O)(=O)c2ccccc2)c1. The maximum absolute atomic E-state index is 13.6. The van der Waals surface area contributed by atoms with Gasteiger partial charge in [-0.2, -0.15) is 5.10 Å². The molecule has 3 aromatic rings. The fourth-order valence-corrected chi connectivity index (χ4v) is 4.74. The lowest BCUT2D eigenvalue weighted by molar-refractivity contribution is -0.119. The van der Waals surface area contributed by atoms with Crippen molar-refractivity contribution in [1.29, 1.82) is 0 Å². The van der Waals surface area contributed by atoms with E-state index in [0.29, 0.717) is 22.8 Å². The molecule has 190 valence electrons. The number of nitrogens with one attached hydrogen (secondary N) is 1. The first kappa shape index (κ1) is 26.4. The van der Waals surface area contributed by atoms with Gasteiger partial charge >= 0.3 is 0 Å². The number of nitrogens with zero attached hydrogens (tertiary/aromatic N) is 2. The number of methoxy groups -OCH3 is 4. The van der Waals surface area contributed by atoms with Crippen LogP contribution in [-0.4, -0.2) is 55.5 Å². The maximum Gasteiger partial charge on any atom is 0.264 e. The molecular formula is C25H27N3O7S. The number of amides is 1. The highest BCUT2D eigenvalue weighted by molar-refractivity contribution is 7.92. The minimum Gasteiger partial charge on any atom is -0.497 e. The Kier molecular flexibility index (Phi) is 8.74. The second-order valence-electron chi connectivity index (χ2n) is 7.26. The standard InChI is InChI=1S/C25H27N3O7S/c1-32-19-10-12-23(34-3)18(14-19)16-26-27-25(29)17-28(36(30,31)21-8-6-5-7-9-21)22-15-20(33-2)11-13-24(22)35-4/h5-16H,17H2,1-4H3,(H,27,29)/b26-16-. The van der Waals surface area contributed by atoms with E-state index in [0.717, 1.165) is 4.31 Å². The van der Waals surface area contributed by atoms with Crippen molar-refractivity contribution in [3.63, 3.8) is 0 Å². The molecule has 1 amide bonds. The monoisotopic (exact) mass is 513 g/mol. The number of hydrazone groups is 1. The van der Waals surface area contributed by atoms with Gasteiger partial charge in [-0.05, 0) is 42.5 Å². The first-order chi connectivity index (χ1) is 17.3. The molecule has 0 fully saturated rings. The normalized spacial score (nSPS) is 11.1. The molecule has 0 aliphatic rings. The van der Waals surface area contributed by atoms with Crippen LogP contribution in [0, 0.1) is 0 Å². The lowest BCUT2D eigenvalue weighted by Crippen LogP contribution is -2.39. The molecule has 0 aromatic heterocycles. The molecule has 10 nitrogen and oxygen atoms in total. The molecule has 0 aliphatic carbocycles. The quantitative estimate of drug-likeness (QED) is 0.309. The Labute approximate surface area is 210 Å². The lowest BCUT2D eigenvalue weighted by Gasteiger charge is -2.25. The maximum atomic E-state index is 13.6. The average molecular weight is 514 g/mol. The van der Waals surface area contributed by atoms with Crippen molar-refractivity contribution in [2.24, 2.45) is 5.10 Å². The summed E-state index contributed by atoms with van der Waals surface area (Å²) in [7, 11) is 1.74. The summed E-state index contributed by atoms with van der Waals surface area (Å²) < 4.78 is 49.2. The average Bonchev–Trinajstić information content (AvgIpc) is 2.91. The number of hydrogen-bond donors (Lipinski definition) is 1. The third kappa shape index (κ3) is 6.05. The summed E-state index contributed by atoms with van der Waals surface area (Å²) >= 11 is 0. The van der Waals surface area contributed by atoms with Crippen molar-refractivity contribution >= 4 is 27.8 Å². The second kappa shape index (κ2) is 11.9. The van der Waals surface area contributed by atoms with Crippen LogP contribution in [0.5, 0.6) is 23.0 Å². The molecule has 0 unspecified atom stereocenters. The van der Waals surface area contributed by atoms with E-state index in [-0.39, 0.29) is 16.3 Å². The predicted octanol–water partition coefficient (Wildman–Crippen LogP) is 3.07. The van der Waals surface area contributed by atoms with E-state index in [9.17, 15) is 13.2 Å². The Balaban J connectivity index is 1.93. The molecule has 0 atom stereocenters. The molecule has 0 spiro atoms. The minimum absolute atomic E-state index is 0.00675. The molecular weight excluding hydrogens is 486 g/mol. The van der Waals surface area contributed by atoms with Gasteiger partial charge in [0.1, 0.15) is 29.5 Å². The number of anilines is 1. The zero-order valence-electron chi connectivity index (χ0n) is 20.3. The molecule has 3 rings (SSSR count). The Morgan fingerprint density at radius 1 is 0.861 bits per heavy atom. The van der Waals surface area contributed by atoms with E-state index < -0.39 is 22.5 Å². The van der Waals surface area contributed by atoms with Gasteiger partial charge < -0.3 is 18.9 Å². The fraction of sp³-hybridized carbons (Fsp3) is 0.200. The molecule has 0 bridgehead atoms. The van der Waals surface area contributed by atoms with Gasteiger partial charge in [0.25, 0.3) is 15.9 Å². The van der Waals surface area contributed by atoms with E-state index in [1.807, 2.05) is 0 Å². The van der Waals surface area contributed by atoms with E-state index in [4.69, 9.17) is 18.9 Å². The van der Waals surface area contributed by atoms with Crippen molar-refractivity contribution in [2.75, 3.05) is 39.3 Å². The van der Waals surface area contributed by atoms with E-state index in [2.05, 4.69) is 10.5 Å².